The van der Waals surface area contributed by atoms with E-state index in [0.717, 1.165) is 25.8 Å². The molecule has 1 aliphatic rings. The van der Waals surface area contributed by atoms with Crippen molar-refractivity contribution in [2.45, 2.75) is 25.2 Å². The monoisotopic (exact) mass is 252 g/mol. The third kappa shape index (κ3) is 2.54. The number of nitrogens with zero attached hydrogens (tertiary/aromatic N) is 1. The Kier molecular flexibility index (Phi) is 3.60. The summed E-state index contributed by atoms with van der Waals surface area (Å²) in [7, 11) is 2.03. The van der Waals surface area contributed by atoms with E-state index < -0.39 is 0 Å². The van der Waals surface area contributed by atoms with Gasteiger partial charge in [-0.05, 0) is 49.1 Å². The number of hydrogen-bond donors (Lipinski definition) is 1. The standard InChI is InChI=1S/C17H20N2/c1-18-12-15-11-14-6-3-2-5-13(14)8-9-17-16(15)7-4-10-19-17/h2-7,10,15,18H,8-9,11-12H2,1H3. The van der Waals surface area contributed by atoms with Crippen molar-refractivity contribution in [2.75, 3.05) is 13.6 Å². The zero-order valence-electron chi connectivity index (χ0n) is 11.4. The van der Waals surface area contributed by atoms with Gasteiger partial charge in [0.25, 0.3) is 0 Å². The highest BCUT2D eigenvalue weighted by Gasteiger charge is 2.20. The van der Waals surface area contributed by atoms with Gasteiger partial charge in [-0.15, -0.1) is 0 Å². The molecule has 0 radical (unpaired) electrons. The number of aryl methyl sites for hydroxylation is 2. The molecule has 0 aliphatic heterocycles. The molecule has 0 saturated carbocycles. The lowest BCUT2D eigenvalue weighted by Gasteiger charge is -2.24. The Balaban J connectivity index is 2.02. The first-order chi connectivity index (χ1) is 9.38. The molecule has 1 aromatic carbocycles. The second kappa shape index (κ2) is 5.54. The number of fused-ring (bicyclic) bond motifs is 2. The molecule has 3 rings (SSSR count). The van der Waals surface area contributed by atoms with Crippen molar-refractivity contribution in [3.8, 4) is 0 Å². The van der Waals surface area contributed by atoms with Crippen LogP contribution in [0.4, 0.5) is 0 Å². The number of rotatable bonds is 2. The maximum atomic E-state index is 4.60. The highest BCUT2D eigenvalue weighted by molar-refractivity contribution is 5.35. The van der Waals surface area contributed by atoms with E-state index in [1.165, 1.54) is 22.4 Å². The fourth-order valence-corrected chi connectivity index (χ4v) is 3.09. The smallest absolute Gasteiger partial charge is 0.0442 e. The Morgan fingerprint density at radius 2 is 1.95 bits per heavy atom. The lowest BCUT2D eigenvalue weighted by atomic mass is 9.84. The van der Waals surface area contributed by atoms with Crippen molar-refractivity contribution in [1.82, 2.24) is 10.3 Å². The molecule has 19 heavy (non-hydrogen) atoms. The van der Waals surface area contributed by atoms with E-state index in [2.05, 4.69) is 46.7 Å². The molecule has 1 aromatic heterocycles. The van der Waals surface area contributed by atoms with Crippen molar-refractivity contribution >= 4 is 0 Å². The van der Waals surface area contributed by atoms with Crippen LogP contribution in [-0.2, 0) is 19.3 Å². The van der Waals surface area contributed by atoms with E-state index in [1.54, 1.807) is 0 Å². The fourth-order valence-electron chi connectivity index (χ4n) is 3.09. The Morgan fingerprint density at radius 3 is 2.79 bits per heavy atom. The molecule has 98 valence electrons. The second-order valence-corrected chi connectivity index (χ2v) is 5.27. The molecule has 1 unspecified atom stereocenters. The van der Waals surface area contributed by atoms with Crippen LogP contribution in [0.15, 0.2) is 42.6 Å². The van der Waals surface area contributed by atoms with Crippen LogP contribution in [-0.4, -0.2) is 18.6 Å². The van der Waals surface area contributed by atoms with Crippen LogP contribution >= 0.6 is 0 Å². The summed E-state index contributed by atoms with van der Waals surface area (Å²) in [5, 5.41) is 3.33. The van der Waals surface area contributed by atoms with Crippen LogP contribution < -0.4 is 5.32 Å². The SMILES string of the molecule is CNCC1Cc2ccccc2CCc2ncccc21. The Bertz CT molecular complexity index is 563. The molecule has 0 spiro atoms. The molecule has 0 fully saturated rings. The minimum Gasteiger partial charge on any atom is -0.319 e. The van der Waals surface area contributed by atoms with Gasteiger partial charge in [-0.2, -0.15) is 0 Å². The first-order valence-electron chi connectivity index (χ1n) is 7.03. The molecule has 0 bridgehead atoms. The van der Waals surface area contributed by atoms with Gasteiger partial charge in [-0.3, -0.25) is 4.98 Å². The van der Waals surface area contributed by atoms with Crippen molar-refractivity contribution in [2.24, 2.45) is 0 Å². The number of hydrogen-bond acceptors (Lipinski definition) is 2. The van der Waals surface area contributed by atoms with Gasteiger partial charge >= 0.3 is 0 Å². The minimum absolute atomic E-state index is 0.523. The molecular weight excluding hydrogens is 232 g/mol. The van der Waals surface area contributed by atoms with Gasteiger partial charge in [0.2, 0.25) is 0 Å². The van der Waals surface area contributed by atoms with Crippen molar-refractivity contribution in [3.63, 3.8) is 0 Å². The number of likely N-dealkylation sites (N-methyl/N-ethyl adjacent to an activating group) is 1. The van der Waals surface area contributed by atoms with E-state index in [0.29, 0.717) is 5.92 Å². The van der Waals surface area contributed by atoms with E-state index >= 15 is 0 Å². The summed E-state index contributed by atoms with van der Waals surface area (Å²) in [5.41, 5.74) is 5.68. The van der Waals surface area contributed by atoms with E-state index in [1.807, 2.05) is 13.2 Å². The first-order valence-corrected chi connectivity index (χ1v) is 7.03. The van der Waals surface area contributed by atoms with Crippen LogP contribution in [0.5, 0.6) is 0 Å². The zero-order valence-corrected chi connectivity index (χ0v) is 11.4. The summed E-state index contributed by atoms with van der Waals surface area (Å²) < 4.78 is 0. The van der Waals surface area contributed by atoms with Crippen LogP contribution in [0, 0.1) is 0 Å². The highest BCUT2D eigenvalue weighted by Crippen LogP contribution is 2.28. The number of nitrogens with one attached hydrogen (secondary N) is 1. The summed E-state index contributed by atoms with van der Waals surface area (Å²) in [6.07, 6.45) is 5.18. The van der Waals surface area contributed by atoms with Crippen LogP contribution in [0.1, 0.15) is 28.3 Å². The van der Waals surface area contributed by atoms with Crippen molar-refractivity contribution in [3.05, 3.63) is 65.0 Å². The van der Waals surface area contributed by atoms with Gasteiger partial charge in [0, 0.05) is 24.4 Å². The Hall–Kier alpha value is -1.67. The highest BCUT2D eigenvalue weighted by atomic mass is 14.8. The molecule has 1 heterocycles. The molecule has 2 heteroatoms. The molecule has 1 aliphatic carbocycles. The number of benzene rings is 1. The summed E-state index contributed by atoms with van der Waals surface area (Å²) in [5.74, 6) is 0.523. The lowest BCUT2D eigenvalue weighted by Crippen LogP contribution is -2.22. The zero-order chi connectivity index (χ0) is 13.1. The molecule has 2 nitrogen and oxygen atoms in total. The quantitative estimate of drug-likeness (QED) is 0.889. The molecule has 2 aromatic rings. The fraction of sp³-hybridized carbons (Fsp3) is 0.353. The summed E-state index contributed by atoms with van der Waals surface area (Å²) >= 11 is 0. The first kappa shape index (κ1) is 12.4. The van der Waals surface area contributed by atoms with Gasteiger partial charge < -0.3 is 5.32 Å². The van der Waals surface area contributed by atoms with Gasteiger partial charge in [-0.1, -0.05) is 30.3 Å². The van der Waals surface area contributed by atoms with Crippen molar-refractivity contribution in [1.29, 1.82) is 0 Å². The van der Waals surface area contributed by atoms with Gasteiger partial charge in [0.15, 0.2) is 0 Å². The maximum Gasteiger partial charge on any atom is 0.0442 e. The van der Waals surface area contributed by atoms with Gasteiger partial charge in [0.1, 0.15) is 0 Å². The van der Waals surface area contributed by atoms with Crippen molar-refractivity contribution < 1.29 is 0 Å². The third-order valence-electron chi connectivity index (χ3n) is 4.03. The summed E-state index contributed by atoms with van der Waals surface area (Å²) in [4.78, 5) is 4.60. The number of pyridine rings is 1. The van der Waals surface area contributed by atoms with E-state index in [9.17, 15) is 0 Å². The normalized spacial score (nSPS) is 18.1. The van der Waals surface area contributed by atoms with Gasteiger partial charge in [0.05, 0.1) is 0 Å². The second-order valence-electron chi connectivity index (χ2n) is 5.27. The molecular formula is C17H20N2. The largest absolute Gasteiger partial charge is 0.319 e. The summed E-state index contributed by atoms with van der Waals surface area (Å²) in [6.45, 7) is 1.01. The average Bonchev–Trinajstić information content (AvgIpc) is 2.44. The third-order valence-corrected chi connectivity index (χ3v) is 4.03. The molecule has 1 atom stereocenters. The summed E-state index contributed by atoms with van der Waals surface area (Å²) in [6, 6.07) is 13.2. The molecule has 0 saturated heterocycles. The topological polar surface area (TPSA) is 24.9 Å². The minimum atomic E-state index is 0.523. The van der Waals surface area contributed by atoms with Crippen LogP contribution in [0.3, 0.4) is 0 Å². The Labute approximate surface area is 114 Å². The Morgan fingerprint density at radius 1 is 1.11 bits per heavy atom. The average molecular weight is 252 g/mol. The van der Waals surface area contributed by atoms with E-state index in [-0.39, 0.29) is 0 Å². The molecule has 0 amide bonds. The number of aromatic nitrogens is 1. The van der Waals surface area contributed by atoms with Crippen LogP contribution in [0.25, 0.3) is 0 Å². The van der Waals surface area contributed by atoms with Crippen LogP contribution in [0.2, 0.25) is 0 Å². The van der Waals surface area contributed by atoms with E-state index in [4.69, 9.17) is 0 Å². The lowest BCUT2D eigenvalue weighted by molar-refractivity contribution is 0.605. The van der Waals surface area contributed by atoms with Gasteiger partial charge in [-0.25, -0.2) is 0 Å². The predicted octanol–water partition coefficient (Wildman–Crippen LogP) is 2.73. The predicted molar refractivity (Wildman–Crippen MR) is 78.5 cm³/mol. The molecule has 1 N–H and O–H groups in total. The maximum absolute atomic E-state index is 4.60.